The van der Waals surface area contributed by atoms with E-state index in [1.807, 2.05) is 36.4 Å². The highest BCUT2D eigenvalue weighted by Crippen LogP contribution is 2.41. The minimum absolute atomic E-state index is 0.439. The molecule has 0 bridgehead atoms. The summed E-state index contributed by atoms with van der Waals surface area (Å²) in [6, 6.07) is 11.9. The molecule has 3 nitrogen and oxygen atoms in total. The lowest BCUT2D eigenvalue weighted by molar-refractivity contribution is 0.0702. The molecule has 0 spiro atoms. The fraction of sp³-hybridized carbons (Fsp3) is 0.423. The molecule has 0 saturated heterocycles. The summed E-state index contributed by atoms with van der Waals surface area (Å²) in [5.41, 5.74) is 4.60. The van der Waals surface area contributed by atoms with Gasteiger partial charge in [-0.2, -0.15) is 0 Å². The van der Waals surface area contributed by atoms with Crippen molar-refractivity contribution in [3.8, 4) is 11.8 Å². The van der Waals surface area contributed by atoms with Crippen LogP contribution in [0.4, 0.5) is 0 Å². The Morgan fingerprint density at radius 3 is 2.57 bits per heavy atom. The molecular weight excluding hydrogens is 390 g/mol. The maximum atomic E-state index is 12.1. The number of benzene rings is 1. The summed E-state index contributed by atoms with van der Waals surface area (Å²) in [7, 11) is 2.17. The number of hydrogen-bond acceptors (Lipinski definition) is 3. The van der Waals surface area contributed by atoms with Crippen LogP contribution in [0.3, 0.4) is 0 Å². The zero-order valence-electron chi connectivity index (χ0n) is 17.8. The molecule has 4 heteroatoms. The fourth-order valence-electron chi connectivity index (χ4n) is 4.71. The van der Waals surface area contributed by atoms with E-state index in [1.165, 1.54) is 48.2 Å². The highest BCUT2D eigenvalue weighted by atomic mass is 32.1. The number of rotatable bonds is 3. The quantitative estimate of drug-likeness (QED) is 0.643. The topological polar surface area (TPSA) is 40.5 Å². The molecule has 1 aliphatic heterocycles. The van der Waals surface area contributed by atoms with Gasteiger partial charge in [-0.05, 0) is 67.5 Å². The van der Waals surface area contributed by atoms with Crippen molar-refractivity contribution in [3.63, 3.8) is 0 Å². The molecule has 1 aromatic carbocycles. The molecule has 2 aromatic rings. The van der Waals surface area contributed by atoms with Crippen molar-refractivity contribution in [1.82, 2.24) is 4.90 Å². The van der Waals surface area contributed by atoms with E-state index in [0.717, 1.165) is 41.4 Å². The van der Waals surface area contributed by atoms with Crippen LogP contribution in [0.1, 0.15) is 64.7 Å². The molecule has 1 aromatic heterocycles. The summed E-state index contributed by atoms with van der Waals surface area (Å²) in [6.07, 6.45) is 5.91. The molecular formula is C26H29NO2S. The Bertz CT molecular complexity index is 1000. The van der Waals surface area contributed by atoms with Crippen LogP contribution in [0.2, 0.25) is 0 Å². The van der Waals surface area contributed by atoms with Crippen LogP contribution in [0.25, 0.3) is 5.57 Å². The Hall–Kier alpha value is -2.35. The Kier molecular flexibility index (Phi) is 6.41. The molecule has 1 aliphatic carbocycles. The van der Waals surface area contributed by atoms with E-state index in [0.29, 0.717) is 10.8 Å². The minimum Gasteiger partial charge on any atom is -0.477 e. The van der Waals surface area contributed by atoms with Crippen molar-refractivity contribution in [2.75, 3.05) is 20.1 Å². The van der Waals surface area contributed by atoms with Gasteiger partial charge in [0, 0.05) is 24.2 Å². The number of nitrogens with zero attached hydrogens (tertiary/aromatic N) is 1. The lowest BCUT2D eigenvalue weighted by Crippen LogP contribution is -2.31. The van der Waals surface area contributed by atoms with Crippen LogP contribution in [0, 0.1) is 23.7 Å². The second kappa shape index (κ2) is 9.20. The zero-order chi connectivity index (χ0) is 21.1. The van der Waals surface area contributed by atoms with Gasteiger partial charge in [0.15, 0.2) is 0 Å². The first kappa shape index (κ1) is 20.9. The van der Waals surface area contributed by atoms with Gasteiger partial charge in [-0.15, -0.1) is 11.3 Å². The molecule has 1 saturated carbocycles. The molecule has 0 radical (unpaired) electrons. The maximum Gasteiger partial charge on any atom is 0.346 e. The minimum atomic E-state index is -0.842. The molecule has 2 aliphatic rings. The average molecular weight is 420 g/mol. The molecule has 0 atom stereocenters. The molecule has 30 heavy (non-hydrogen) atoms. The van der Waals surface area contributed by atoms with Crippen LogP contribution in [-0.4, -0.2) is 36.1 Å². The maximum absolute atomic E-state index is 12.1. The van der Waals surface area contributed by atoms with Gasteiger partial charge in [-0.3, -0.25) is 0 Å². The summed E-state index contributed by atoms with van der Waals surface area (Å²) in [6.45, 7) is 4.27. The summed E-state index contributed by atoms with van der Waals surface area (Å²) in [5, 5.41) is 9.91. The zero-order valence-corrected chi connectivity index (χ0v) is 18.6. The number of carboxylic acid groups (broad SMARTS) is 1. The summed E-state index contributed by atoms with van der Waals surface area (Å²) in [5.74, 6) is 6.92. The van der Waals surface area contributed by atoms with Gasteiger partial charge < -0.3 is 10.0 Å². The molecule has 1 N–H and O–H groups in total. The number of carbonyl (C=O) groups is 1. The van der Waals surface area contributed by atoms with Crippen molar-refractivity contribution in [3.05, 3.63) is 62.9 Å². The summed E-state index contributed by atoms with van der Waals surface area (Å²) >= 11 is 1.31. The van der Waals surface area contributed by atoms with Crippen LogP contribution >= 0.6 is 11.3 Å². The lowest BCUT2D eigenvalue weighted by atomic mass is 9.75. The number of carboxylic acids is 1. The second-order valence-electron chi connectivity index (χ2n) is 8.72. The number of hydrogen-bond donors (Lipinski definition) is 1. The summed E-state index contributed by atoms with van der Waals surface area (Å²) < 4.78 is 0. The third-order valence-corrected chi connectivity index (χ3v) is 7.47. The number of aromatic carboxylic acids is 1. The average Bonchev–Trinajstić information content (AvgIpc) is 3.18. The van der Waals surface area contributed by atoms with E-state index in [1.54, 1.807) is 0 Å². The predicted octanol–water partition coefficient (Wildman–Crippen LogP) is 5.76. The second-order valence-corrected chi connectivity index (χ2v) is 9.78. The van der Waals surface area contributed by atoms with E-state index < -0.39 is 5.97 Å². The van der Waals surface area contributed by atoms with E-state index in [9.17, 15) is 9.90 Å². The Morgan fingerprint density at radius 2 is 1.87 bits per heavy atom. The van der Waals surface area contributed by atoms with Gasteiger partial charge in [0.1, 0.15) is 4.88 Å². The number of thiophene rings is 1. The predicted molar refractivity (Wildman–Crippen MR) is 124 cm³/mol. The lowest BCUT2D eigenvalue weighted by Gasteiger charge is -2.35. The SMILES string of the molecule is CC1CCC(C2=C(c3cc(C#Cc4ccccc4)sc3C(=O)O)CCN(C)C2)CC1. The largest absolute Gasteiger partial charge is 0.477 e. The molecule has 156 valence electrons. The molecule has 1 fully saturated rings. The Balaban J connectivity index is 1.73. The van der Waals surface area contributed by atoms with Crippen LogP contribution < -0.4 is 0 Å². The normalized spacial score (nSPS) is 22.5. The smallest absolute Gasteiger partial charge is 0.346 e. The van der Waals surface area contributed by atoms with E-state index in [4.69, 9.17) is 0 Å². The first-order chi connectivity index (χ1) is 14.5. The van der Waals surface area contributed by atoms with Crippen LogP contribution in [0.15, 0.2) is 42.0 Å². The van der Waals surface area contributed by atoms with Gasteiger partial charge in [0.2, 0.25) is 0 Å². The van der Waals surface area contributed by atoms with Gasteiger partial charge >= 0.3 is 5.97 Å². The molecule has 4 rings (SSSR count). The van der Waals surface area contributed by atoms with Crippen molar-refractivity contribution in [2.45, 2.75) is 39.0 Å². The first-order valence-electron chi connectivity index (χ1n) is 10.9. The van der Waals surface area contributed by atoms with Gasteiger partial charge in [-0.25, -0.2) is 4.79 Å². The Morgan fingerprint density at radius 1 is 1.13 bits per heavy atom. The molecule has 0 unspecified atom stereocenters. The first-order valence-corrected chi connectivity index (χ1v) is 11.7. The third-order valence-electron chi connectivity index (χ3n) is 6.44. The molecule has 0 amide bonds. The highest BCUT2D eigenvalue weighted by molar-refractivity contribution is 7.14. The molecule has 2 heterocycles. The van der Waals surface area contributed by atoms with Gasteiger partial charge in [0.25, 0.3) is 0 Å². The van der Waals surface area contributed by atoms with E-state index in [-0.39, 0.29) is 0 Å². The van der Waals surface area contributed by atoms with Gasteiger partial charge in [0.05, 0.1) is 4.88 Å². The number of likely N-dealkylation sites (N-methyl/N-ethyl adjacent to an activating group) is 1. The van der Waals surface area contributed by atoms with Crippen molar-refractivity contribution in [2.24, 2.45) is 11.8 Å². The van der Waals surface area contributed by atoms with Crippen molar-refractivity contribution >= 4 is 22.9 Å². The fourth-order valence-corrected chi connectivity index (χ4v) is 5.59. The highest BCUT2D eigenvalue weighted by Gasteiger charge is 2.30. The van der Waals surface area contributed by atoms with E-state index in [2.05, 4.69) is 30.7 Å². The standard InChI is InChI=1S/C26H29NO2S/c1-18-8-11-20(12-9-18)24-17-27(2)15-14-22(24)23-16-21(30-25(23)26(28)29)13-10-19-6-4-3-5-7-19/h3-7,16,18,20H,8-9,11-12,14-15,17H2,1-2H3,(H,28,29). The van der Waals surface area contributed by atoms with Gasteiger partial charge in [-0.1, -0.05) is 49.8 Å². The van der Waals surface area contributed by atoms with E-state index >= 15 is 0 Å². The van der Waals surface area contributed by atoms with Crippen molar-refractivity contribution < 1.29 is 9.90 Å². The third kappa shape index (κ3) is 4.69. The monoisotopic (exact) mass is 419 g/mol. The van der Waals surface area contributed by atoms with Crippen LogP contribution in [0.5, 0.6) is 0 Å². The Labute approximate surface area is 183 Å². The van der Waals surface area contributed by atoms with Crippen LogP contribution in [-0.2, 0) is 0 Å². The van der Waals surface area contributed by atoms with Crippen molar-refractivity contribution in [1.29, 1.82) is 0 Å². The summed E-state index contributed by atoms with van der Waals surface area (Å²) in [4.78, 5) is 15.7.